The van der Waals surface area contributed by atoms with Gasteiger partial charge in [0.2, 0.25) is 5.79 Å². The van der Waals surface area contributed by atoms with Crippen molar-refractivity contribution in [2.24, 2.45) is 0 Å². The molecule has 0 amide bonds. The van der Waals surface area contributed by atoms with Gasteiger partial charge in [0.05, 0.1) is 13.2 Å². The molecule has 1 saturated heterocycles. The molecule has 1 aliphatic rings. The Labute approximate surface area is 140 Å². The number of rotatable bonds is 7. The minimum Gasteiger partial charge on any atom is -0.455 e. The molecule has 0 aromatic carbocycles. The van der Waals surface area contributed by atoms with E-state index in [2.05, 4.69) is 9.47 Å². The van der Waals surface area contributed by atoms with Gasteiger partial charge >= 0.3 is 30.1 Å². The summed E-state index contributed by atoms with van der Waals surface area (Å²) in [5, 5.41) is 0. The van der Waals surface area contributed by atoms with Crippen LogP contribution in [0, 0.1) is 0 Å². The largest absolute Gasteiger partial charge is 0.465 e. The highest BCUT2D eigenvalue weighted by atomic mass is 19.4. The van der Waals surface area contributed by atoms with E-state index in [0.29, 0.717) is 0 Å². The second-order valence-electron chi connectivity index (χ2n) is 5.55. The van der Waals surface area contributed by atoms with E-state index < -0.39 is 61.8 Å². The third-order valence-electron chi connectivity index (χ3n) is 3.03. The van der Waals surface area contributed by atoms with Crippen molar-refractivity contribution in [1.82, 2.24) is 0 Å². The number of halogens is 9. The number of hydrogen-bond acceptors (Lipinski definition) is 5. The maximum atomic E-state index is 12.9. The predicted octanol–water partition coefficient (Wildman–Crippen LogP) is 3.12. The van der Waals surface area contributed by atoms with E-state index >= 15 is 0 Å². The molecule has 2 unspecified atom stereocenters. The molecule has 5 nitrogen and oxygen atoms in total. The number of ether oxygens (including phenoxy) is 4. The van der Waals surface area contributed by atoms with Gasteiger partial charge in [-0.2, -0.15) is 39.5 Å². The Hall–Kier alpha value is -1.28. The summed E-state index contributed by atoms with van der Waals surface area (Å²) in [5.41, 5.74) is 0. The minimum atomic E-state index is -6.18. The Bertz CT molecular complexity index is 516. The fourth-order valence-electron chi connectivity index (χ4n) is 1.57. The van der Waals surface area contributed by atoms with Gasteiger partial charge in [-0.05, 0) is 6.92 Å². The Balaban J connectivity index is 2.56. The van der Waals surface area contributed by atoms with Crippen LogP contribution in [-0.4, -0.2) is 61.8 Å². The van der Waals surface area contributed by atoms with Crippen molar-refractivity contribution in [1.29, 1.82) is 0 Å². The van der Waals surface area contributed by atoms with Crippen LogP contribution < -0.4 is 0 Å². The Morgan fingerprint density at radius 1 is 1.12 bits per heavy atom. The zero-order chi connectivity index (χ0) is 20.6. The van der Waals surface area contributed by atoms with Crippen LogP contribution in [0.1, 0.15) is 13.8 Å². The molecule has 1 rings (SSSR count). The maximum absolute atomic E-state index is 12.9. The molecule has 0 radical (unpaired) electrons. The van der Waals surface area contributed by atoms with Crippen molar-refractivity contribution in [3.05, 3.63) is 0 Å². The topological polar surface area (TPSA) is 54.0 Å². The van der Waals surface area contributed by atoms with Crippen molar-refractivity contribution >= 4 is 5.97 Å². The summed E-state index contributed by atoms with van der Waals surface area (Å²) < 4.78 is 130. The molecule has 0 bridgehead atoms. The van der Waals surface area contributed by atoms with Crippen LogP contribution in [0.5, 0.6) is 0 Å². The highest BCUT2D eigenvalue weighted by molar-refractivity contribution is 5.78. The molecule has 0 saturated carbocycles. The molecule has 0 N–H and O–H groups in total. The average Bonchev–Trinajstić information content (AvgIpc) is 2.82. The number of esters is 1. The third-order valence-corrected chi connectivity index (χ3v) is 3.03. The van der Waals surface area contributed by atoms with Crippen molar-refractivity contribution in [3.63, 3.8) is 0 Å². The van der Waals surface area contributed by atoms with Gasteiger partial charge in [0.1, 0.15) is 12.7 Å². The summed E-state index contributed by atoms with van der Waals surface area (Å²) in [6.45, 7) is -2.07. The quantitative estimate of drug-likeness (QED) is 0.479. The summed E-state index contributed by atoms with van der Waals surface area (Å²) in [4.78, 5) is 10.8. The zero-order valence-corrected chi connectivity index (χ0v) is 13.1. The first kappa shape index (κ1) is 22.8. The van der Waals surface area contributed by atoms with E-state index in [4.69, 9.17) is 9.47 Å². The highest BCUT2D eigenvalue weighted by Crippen LogP contribution is 2.37. The summed E-state index contributed by atoms with van der Waals surface area (Å²) in [5.74, 6) is -15.3. The number of alkyl halides is 9. The first-order valence-electron chi connectivity index (χ1n) is 6.74. The molecule has 154 valence electrons. The number of carbonyl (C=O) groups excluding carboxylic acids is 1. The van der Waals surface area contributed by atoms with Crippen LogP contribution in [0.4, 0.5) is 39.5 Å². The van der Waals surface area contributed by atoms with Crippen molar-refractivity contribution < 1.29 is 63.3 Å². The molecule has 1 aliphatic heterocycles. The Morgan fingerprint density at radius 2 is 1.65 bits per heavy atom. The lowest BCUT2D eigenvalue weighted by molar-refractivity contribution is -0.346. The molecule has 0 aliphatic carbocycles. The van der Waals surface area contributed by atoms with Crippen molar-refractivity contribution in [2.45, 2.75) is 49.9 Å². The monoisotopic (exact) mass is 408 g/mol. The molecule has 14 heteroatoms. The SMILES string of the molecule is CC1(COC(=O)C(F)(F)C(F)(F)F)OCC(COC(F)(F)C(C)(F)F)O1. The summed E-state index contributed by atoms with van der Waals surface area (Å²) in [6, 6.07) is 0. The van der Waals surface area contributed by atoms with Gasteiger partial charge in [0.15, 0.2) is 0 Å². The van der Waals surface area contributed by atoms with Gasteiger partial charge in [-0.1, -0.05) is 0 Å². The number of carbonyl (C=O) groups is 1. The van der Waals surface area contributed by atoms with E-state index in [-0.39, 0.29) is 6.92 Å². The molecule has 1 heterocycles. The fourth-order valence-corrected chi connectivity index (χ4v) is 1.57. The fraction of sp³-hybridized carbons (Fsp3) is 0.917. The lowest BCUT2D eigenvalue weighted by atomic mass is 10.3. The van der Waals surface area contributed by atoms with E-state index in [9.17, 15) is 44.3 Å². The zero-order valence-electron chi connectivity index (χ0n) is 13.1. The van der Waals surface area contributed by atoms with Crippen LogP contribution in [-0.2, 0) is 23.7 Å². The van der Waals surface area contributed by atoms with Crippen LogP contribution in [0.15, 0.2) is 0 Å². The standard InChI is InChI=1S/C12H13F9O5/c1-8(5-23-7(22)10(15,16)11(17,18)19)24-3-6(26-8)4-25-12(20,21)9(2,13)14/h6H,3-5H2,1-2H3. The summed E-state index contributed by atoms with van der Waals surface area (Å²) in [7, 11) is 0. The molecular formula is C12H13F9O5. The Morgan fingerprint density at radius 3 is 2.12 bits per heavy atom. The van der Waals surface area contributed by atoms with Gasteiger partial charge in [-0.25, -0.2) is 4.79 Å². The molecule has 0 spiro atoms. The highest BCUT2D eigenvalue weighted by Gasteiger charge is 2.65. The van der Waals surface area contributed by atoms with Gasteiger partial charge in [0, 0.05) is 6.92 Å². The third kappa shape index (κ3) is 5.13. The lowest BCUT2D eigenvalue weighted by Crippen LogP contribution is -2.47. The second-order valence-corrected chi connectivity index (χ2v) is 5.55. The van der Waals surface area contributed by atoms with Crippen molar-refractivity contribution in [2.75, 3.05) is 19.8 Å². The van der Waals surface area contributed by atoms with Crippen LogP contribution in [0.25, 0.3) is 0 Å². The number of hydrogen-bond donors (Lipinski definition) is 0. The van der Waals surface area contributed by atoms with E-state index in [1.54, 1.807) is 0 Å². The normalized spacial score (nSPS) is 25.4. The molecular weight excluding hydrogens is 395 g/mol. The van der Waals surface area contributed by atoms with Gasteiger partial charge in [-0.3, -0.25) is 0 Å². The van der Waals surface area contributed by atoms with E-state index in [0.717, 1.165) is 6.92 Å². The van der Waals surface area contributed by atoms with Gasteiger partial charge in [-0.15, -0.1) is 0 Å². The summed E-state index contributed by atoms with van der Waals surface area (Å²) >= 11 is 0. The van der Waals surface area contributed by atoms with Crippen LogP contribution >= 0.6 is 0 Å². The van der Waals surface area contributed by atoms with Crippen LogP contribution in [0.3, 0.4) is 0 Å². The molecule has 0 aromatic rings. The predicted molar refractivity (Wildman–Crippen MR) is 62.7 cm³/mol. The maximum Gasteiger partial charge on any atom is 0.465 e. The summed E-state index contributed by atoms with van der Waals surface area (Å²) in [6.07, 6.45) is -12.4. The second kappa shape index (κ2) is 7.03. The average molecular weight is 408 g/mol. The first-order valence-corrected chi connectivity index (χ1v) is 6.74. The van der Waals surface area contributed by atoms with Gasteiger partial charge in [0.25, 0.3) is 0 Å². The lowest BCUT2D eigenvalue weighted by Gasteiger charge is -2.26. The minimum absolute atomic E-state index is 0.0938. The molecule has 2 atom stereocenters. The molecule has 0 aromatic heterocycles. The van der Waals surface area contributed by atoms with Crippen molar-refractivity contribution in [3.8, 4) is 0 Å². The smallest absolute Gasteiger partial charge is 0.455 e. The van der Waals surface area contributed by atoms with E-state index in [1.165, 1.54) is 0 Å². The van der Waals surface area contributed by atoms with Gasteiger partial charge < -0.3 is 18.9 Å². The molecule has 1 fully saturated rings. The Kier molecular flexibility index (Phi) is 6.16. The van der Waals surface area contributed by atoms with E-state index in [1.807, 2.05) is 0 Å². The first-order chi connectivity index (χ1) is 11.4. The molecule has 26 heavy (non-hydrogen) atoms. The van der Waals surface area contributed by atoms with Crippen LogP contribution in [0.2, 0.25) is 0 Å².